The lowest BCUT2D eigenvalue weighted by Gasteiger charge is -2.07. The van der Waals surface area contributed by atoms with Crippen molar-refractivity contribution in [2.45, 2.75) is 51.6 Å². The van der Waals surface area contributed by atoms with Gasteiger partial charge in [-0.3, -0.25) is 0 Å². The summed E-state index contributed by atoms with van der Waals surface area (Å²) in [5, 5.41) is 8.52. The monoisotopic (exact) mass is 198 g/mol. The van der Waals surface area contributed by atoms with E-state index < -0.39 is 0 Å². The second kappa shape index (κ2) is 10.6. The van der Waals surface area contributed by atoms with Gasteiger partial charge in [0.2, 0.25) is 0 Å². The summed E-state index contributed by atoms with van der Waals surface area (Å²) in [5.74, 6) is 5.52. The number of aliphatic hydroxyl groups excluding tert-OH is 1. The van der Waals surface area contributed by atoms with Gasteiger partial charge in [0.25, 0.3) is 0 Å². The molecule has 0 fully saturated rings. The third kappa shape index (κ3) is 8.10. The molecule has 0 aliphatic carbocycles. The molecular formula is C12H22O2. The Morgan fingerprint density at radius 3 is 2.50 bits per heavy atom. The van der Waals surface area contributed by atoms with Crippen LogP contribution in [-0.2, 0) is 4.74 Å². The number of unbranched alkanes of at least 4 members (excludes halogenated alkanes) is 4. The molecule has 0 aromatic carbocycles. The van der Waals surface area contributed by atoms with E-state index in [-0.39, 0.29) is 12.7 Å². The number of ether oxygens (including phenoxy) is 1. The second-order valence-electron chi connectivity index (χ2n) is 3.41. The Morgan fingerprint density at radius 2 is 1.93 bits per heavy atom. The van der Waals surface area contributed by atoms with Gasteiger partial charge in [-0.05, 0) is 12.8 Å². The largest absolute Gasteiger partial charge is 0.384 e. The van der Waals surface area contributed by atoms with E-state index in [1.807, 2.05) is 0 Å². The van der Waals surface area contributed by atoms with Crippen molar-refractivity contribution in [3.63, 3.8) is 0 Å². The van der Waals surface area contributed by atoms with Crippen LogP contribution in [0.4, 0.5) is 0 Å². The van der Waals surface area contributed by atoms with Crippen LogP contribution in [0.5, 0.6) is 0 Å². The first-order valence-corrected chi connectivity index (χ1v) is 5.47. The lowest BCUT2D eigenvalue weighted by atomic mass is 10.1. The molecule has 0 aromatic rings. The van der Waals surface area contributed by atoms with Crippen molar-refractivity contribution in [2.24, 2.45) is 0 Å². The van der Waals surface area contributed by atoms with Gasteiger partial charge >= 0.3 is 0 Å². The predicted molar refractivity (Wildman–Crippen MR) is 59.0 cm³/mol. The van der Waals surface area contributed by atoms with Crippen molar-refractivity contribution in [1.29, 1.82) is 0 Å². The SMILES string of the molecule is CCCCCCCC(C#CCO)OC. The standard InChI is InChI=1S/C12H22O2/c1-3-4-5-6-7-9-12(14-2)10-8-11-13/h12-13H,3-7,9,11H2,1-2H3. The average molecular weight is 198 g/mol. The molecule has 1 atom stereocenters. The van der Waals surface area contributed by atoms with Crippen LogP contribution in [-0.4, -0.2) is 24.9 Å². The fourth-order valence-corrected chi connectivity index (χ4v) is 1.34. The maximum atomic E-state index is 8.52. The Kier molecular flexibility index (Phi) is 10.2. The van der Waals surface area contributed by atoms with Gasteiger partial charge in [-0.25, -0.2) is 0 Å². The lowest BCUT2D eigenvalue weighted by Crippen LogP contribution is -2.07. The maximum absolute atomic E-state index is 8.52. The molecule has 2 heteroatoms. The molecule has 0 heterocycles. The highest BCUT2D eigenvalue weighted by Gasteiger charge is 2.01. The van der Waals surface area contributed by atoms with Crippen LogP contribution in [0.2, 0.25) is 0 Å². The molecule has 2 nitrogen and oxygen atoms in total. The molecular weight excluding hydrogens is 176 g/mol. The minimum Gasteiger partial charge on any atom is -0.384 e. The number of hydrogen-bond acceptors (Lipinski definition) is 2. The van der Waals surface area contributed by atoms with E-state index in [4.69, 9.17) is 9.84 Å². The number of rotatable bonds is 7. The van der Waals surface area contributed by atoms with Crippen LogP contribution in [0, 0.1) is 11.8 Å². The van der Waals surface area contributed by atoms with Gasteiger partial charge in [-0.1, -0.05) is 44.4 Å². The van der Waals surface area contributed by atoms with Crippen LogP contribution >= 0.6 is 0 Å². The first kappa shape index (κ1) is 13.5. The van der Waals surface area contributed by atoms with Gasteiger partial charge in [-0.15, -0.1) is 0 Å². The Labute approximate surface area is 87.7 Å². The van der Waals surface area contributed by atoms with Crippen molar-refractivity contribution in [1.82, 2.24) is 0 Å². The average Bonchev–Trinajstić information content (AvgIpc) is 2.22. The molecule has 0 spiro atoms. The minimum atomic E-state index is -0.0737. The Balaban J connectivity index is 3.43. The number of aliphatic hydroxyl groups is 1. The van der Waals surface area contributed by atoms with Gasteiger partial charge < -0.3 is 9.84 Å². The first-order chi connectivity index (χ1) is 6.85. The Bertz CT molecular complexity index is 167. The van der Waals surface area contributed by atoms with Crippen LogP contribution < -0.4 is 0 Å². The Morgan fingerprint density at radius 1 is 1.21 bits per heavy atom. The van der Waals surface area contributed by atoms with Crippen LogP contribution in [0.25, 0.3) is 0 Å². The summed E-state index contributed by atoms with van der Waals surface area (Å²) in [5.41, 5.74) is 0. The summed E-state index contributed by atoms with van der Waals surface area (Å²) in [4.78, 5) is 0. The normalized spacial score (nSPS) is 11.9. The van der Waals surface area contributed by atoms with Gasteiger partial charge in [0.1, 0.15) is 12.7 Å². The van der Waals surface area contributed by atoms with E-state index >= 15 is 0 Å². The highest BCUT2D eigenvalue weighted by Crippen LogP contribution is 2.08. The van der Waals surface area contributed by atoms with Gasteiger partial charge in [0.15, 0.2) is 0 Å². The molecule has 0 amide bonds. The lowest BCUT2D eigenvalue weighted by molar-refractivity contribution is 0.138. The molecule has 1 unspecified atom stereocenters. The zero-order valence-electron chi connectivity index (χ0n) is 9.38. The van der Waals surface area contributed by atoms with Gasteiger partial charge in [0.05, 0.1) is 0 Å². The van der Waals surface area contributed by atoms with Crippen molar-refractivity contribution in [2.75, 3.05) is 13.7 Å². The molecule has 0 saturated heterocycles. The fraction of sp³-hybridized carbons (Fsp3) is 0.833. The van der Waals surface area contributed by atoms with E-state index in [1.54, 1.807) is 7.11 Å². The molecule has 0 aliphatic heterocycles. The topological polar surface area (TPSA) is 29.5 Å². The maximum Gasteiger partial charge on any atom is 0.117 e. The molecule has 0 saturated carbocycles. The number of methoxy groups -OCH3 is 1. The van der Waals surface area contributed by atoms with Gasteiger partial charge in [0, 0.05) is 7.11 Å². The zero-order chi connectivity index (χ0) is 10.6. The number of hydrogen-bond donors (Lipinski definition) is 1. The molecule has 0 aliphatic rings. The minimum absolute atomic E-state index is 0.00350. The highest BCUT2D eigenvalue weighted by molar-refractivity contribution is 5.04. The summed E-state index contributed by atoms with van der Waals surface area (Å²) in [6, 6.07) is 0. The molecule has 0 bridgehead atoms. The summed E-state index contributed by atoms with van der Waals surface area (Å²) in [7, 11) is 1.67. The van der Waals surface area contributed by atoms with E-state index in [1.165, 1.54) is 32.1 Å². The van der Waals surface area contributed by atoms with Crippen LogP contribution in [0.15, 0.2) is 0 Å². The molecule has 82 valence electrons. The van der Waals surface area contributed by atoms with E-state index in [9.17, 15) is 0 Å². The van der Waals surface area contributed by atoms with Crippen molar-refractivity contribution < 1.29 is 9.84 Å². The molecule has 0 radical (unpaired) electrons. The van der Waals surface area contributed by atoms with Crippen LogP contribution in [0.1, 0.15) is 45.4 Å². The van der Waals surface area contributed by atoms with Crippen molar-refractivity contribution >= 4 is 0 Å². The quantitative estimate of drug-likeness (QED) is 0.502. The third-order valence-electron chi connectivity index (χ3n) is 2.20. The fourth-order valence-electron chi connectivity index (χ4n) is 1.34. The molecule has 14 heavy (non-hydrogen) atoms. The third-order valence-corrected chi connectivity index (χ3v) is 2.20. The van der Waals surface area contributed by atoms with Crippen molar-refractivity contribution in [3.8, 4) is 11.8 Å². The molecule has 1 N–H and O–H groups in total. The van der Waals surface area contributed by atoms with E-state index in [0.717, 1.165) is 6.42 Å². The predicted octanol–water partition coefficient (Wildman–Crippen LogP) is 2.36. The van der Waals surface area contributed by atoms with E-state index in [0.29, 0.717) is 0 Å². The summed E-state index contributed by atoms with van der Waals surface area (Å²) >= 11 is 0. The summed E-state index contributed by atoms with van der Waals surface area (Å²) < 4.78 is 5.17. The smallest absolute Gasteiger partial charge is 0.117 e. The van der Waals surface area contributed by atoms with Crippen LogP contribution in [0.3, 0.4) is 0 Å². The first-order valence-electron chi connectivity index (χ1n) is 5.47. The Hall–Kier alpha value is -0.520. The highest BCUT2D eigenvalue weighted by atomic mass is 16.5. The van der Waals surface area contributed by atoms with Crippen molar-refractivity contribution in [3.05, 3.63) is 0 Å². The molecule has 0 aromatic heterocycles. The second-order valence-corrected chi connectivity index (χ2v) is 3.41. The zero-order valence-corrected chi connectivity index (χ0v) is 9.38. The summed E-state index contributed by atoms with van der Waals surface area (Å²) in [6.45, 7) is 2.14. The van der Waals surface area contributed by atoms with E-state index in [2.05, 4.69) is 18.8 Å². The van der Waals surface area contributed by atoms with Gasteiger partial charge in [-0.2, -0.15) is 0 Å². The summed E-state index contributed by atoms with van der Waals surface area (Å²) in [6.07, 6.45) is 7.31. The molecule has 0 rings (SSSR count).